The molecule has 0 aliphatic heterocycles. The molecule has 1 aromatic carbocycles. The molecule has 4 rings (SSSR count). The Balaban J connectivity index is 1.52. The van der Waals surface area contributed by atoms with Crippen molar-refractivity contribution in [2.75, 3.05) is 0 Å². The summed E-state index contributed by atoms with van der Waals surface area (Å²) < 4.78 is 12.7. The number of hydrogen-bond donors (Lipinski definition) is 0. The third-order valence-corrected chi connectivity index (χ3v) is 11.7. The topological polar surface area (TPSA) is 35.3 Å². The van der Waals surface area contributed by atoms with Gasteiger partial charge >= 0.3 is 0 Å². The highest BCUT2D eigenvalue weighted by Crippen LogP contribution is 2.38. The van der Waals surface area contributed by atoms with Gasteiger partial charge in [0.2, 0.25) is 8.32 Å². The fourth-order valence-corrected chi connectivity index (χ4v) is 5.42. The molecule has 0 fully saturated rings. The number of rotatable bonds is 7. The zero-order chi connectivity index (χ0) is 22.1. The molecule has 4 aromatic rings. The van der Waals surface area contributed by atoms with Crippen molar-refractivity contribution < 1.29 is 8.84 Å². The Kier molecular flexibility index (Phi) is 6.24. The van der Waals surface area contributed by atoms with E-state index < -0.39 is 8.32 Å². The van der Waals surface area contributed by atoms with Crippen LogP contribution in [0.4, 0.5) is 0 Å². The molecule has 0 unspecified atom stereocenters. The van der Waals surface area contributed by atoms with Gasteiger partial charge in [0.05, 0.1) is 0 Å². The van der Waals surface area contributed by atoms with Gasteiger partial charge in [-0.05, 0) is 65.1 Å². The van der Waals surface area contributed by atoms with E-state index >= 15 is 0 Å². The number of oxazole rings is 1. The summed E-state index contributed by atoms with van der Waals surface area (Å²) in [4.78, 5) is 4.86. The maximum absolute atomic E-state index is 6.48. The van der Waals surface area contributed by atoms with Gasteiger partial charge in [0.25, 0.3) is 0 Å². The molecule has 162 valence electrons. The van der Waals surface area contributed by atoms with Gasteiger partial charge in [-0.3, -0.25) is 0 Å². The van der Waals surface area contributed by atoms with Crippen molar-refractivity contribution in [1.82, 2.24) is 4.98 Å². The lowest BCUT2D eigenvalue weighted by Gasteiger charge is -2.36. The van der Waals surface area contributed by atoms with Gasteiger partial charge in [-0.1, -0.05) is 32.9 Å². The minimum absolute atomic E-state index is 0.178. The third kappa shape index (κ3) is 5.02. The molecule has 0 N–H and O–H groups in total. The van der Waals surface area contributed by atoms with Crippen LogP contribution in [0.15, 0.2) is 62.3 Å². The van der Waals surface area contributed by atoms with Crippen LogP contribution in [0.25, 0.3) is 22.6 Å². The predicted octanol–water partition coefficient (Wildman–Crippen LogP) is 8.30. The van der Waals surface area contributed by atoms with E-state index in [1.807, 2.05) is 0 Å². The molecule has 0 radical (unpaired) electrons. The second-order valence-corrected chi connectivity index (χ2v) is 15.6. The first kappa shape index (κ1) is 22.1. The van der Waals surface area contributed by atoms with Crippen molar-refractivity contribution in [2.24, 2.45) is 0 Å². The van der Waals surface area contributed by atoms with Crippen LogP contribution in [0.2, 0.25) is 18.1 Å². The normalized spacial score (nSPS) is 12.3. The van der Waals surface area contributed by atoms with Crippen molar-refractivity contribution in [2.45, 2.75) is 51.7 Å². The average molecular weight is 468 g/mol. The van der Waals surface area contributed by atoms with E-state index in [0.717, 1.165) is 47.1 Å². The van der Waals surface area contributed by atoms with Crippen LogP contribution in [0.3, 0.4) is 0 Å². The minimum Gasteiger partial charge on any atom is -0.543 e. The molecule has 3 heterocycles. The Labute approximate surface area is 193 Å². The quantitative estimate of drug-likeness (QED) is 0.256. The van der Waals surface area contributed by atoms with Crippen molar-refractivity contribution in [3.8, 4) is 28.3 Å². The highest BCUT2D eigenvalue weighted by molar-refractivity contribution is 7.08. The molecule has 0 aliphatic carbocycles. The molecular weight excluding hydrogens is 439 g/mol. The molecule has 0 atom stereocenters. The molecule has 0 spiro atoms. The van der Waals surface area contributed by atoms with E-state index in [9.17, 15) is 0 Å². The van der Waals surface area contributed by atoms with Crippen LogP contribution in [-0.4, -0.2) is 13.3 Å². The first-order valence-corrected chi connectivity index (χ1v) is 15.4. The highest BCUT2D eigenvalue weighted by Gasteiger charge is 2.38. The highest BCUT2D eigenvalue weighted by atomic mass is 32.1. The fraction of sp³-hybridized carbons (Fsp3) is 0.320. The number of thiophene rings is 2. The van der Waals surface area contributed by atoms with Crippen LogP contribution >= 0.6 is 22.7 Å². The van der Waals surface area contributed by atoms with Crippen molar-refractivity contribution in [1.29, 1.82) is 0 Å². The summed E-state index contributed by atoms with van der Waals surface area (Å²) in [6, 6.07) is 12.7. The average Bonchev–Trinajstić information content (AvgIpc) is 3.46. The summed E-state index contributed by atoms with van der Waals surface area (Å²) in [7, 11) is -1.85. The lowest BCUT2D eigenvalue weighted by molar-refractivity contribution is 0.490. The van der Waals surface area contributed by atoms with Gasteiger partial charge in [0.1, 0.15) is 11.4 Å². The predicted molar refractivity (Wildman–Crippen MR) is 135 cm³/mol. The lowest BCUT2D eigenvalue weighted by Crippen LogP contribution is -2.43. The Morgan fingerprint density at radius 1 is 0.968 bits per heavy atom. The fourth-order valence-electron chi connectivity index (χ4n) is 3.12. The molecule has 0 aliphatic rings. The number of benzene rings is 1. The van der Waals surface area contributed by atoms with Gasteiger partial charge in [0.15, 0.2) is 11.7 Å². The van der Waals surface area contributed by atoms with Crippen molar-refractivity contribution in [3.05, 3.63) is 69.4 Å². The molecule has 0 amide bonds. The van der Waals surface area contributed by atoms with E-state index in [2.05, 4.69) is 91.8 Å². The summed E-state index contributed by atoms with van der Waals surface area (Å²) in [5.74, 6) is 2.61. The maximum Gasteiger partial charge on any atom is 0.250 e. The Hall–Kier alpha value is -2.15. The summed E-state index contributed by atoms with van der Waals surface area (Å²) in [5, 5.41) is 8.57. The minimum atomic E-state index is -1.85. The van der Waals surface area contributed by atoms with Gasteiger partial charge < -0.3 is 8.84 Å². The summed E-state index contributed by atoms with van der Waals surface area (Å²) in [6.45, 7) is 11.4. The van der Waals surface area contributed by atoms with E-state index in [1.165, 1.54) is 5.56 Å². The summed E-state index contributed by atoms with van der Waals surface area (Å²) in [6.07, 6.45) is 1.62. The zero-order valence-electron chi connectivity index (χ0n) is 18.8. The lowest BCUT2D eigenvalue weighted by atomic mass is 10.1. The van der Waals surface area contributed by atoms with Gasteiger partial charge in [-0.25, -0.2) is 4.98 Å². The summed E-state index contributed by atoms with van der Waals surface area (Å²) in [5.41, 5.74) is 4.38. The van der Waals surface area contributed by atoms with Gasteiger partial charge in [0, 0.05) is 28.3 Å². The number of aryl methyl sites for hydroxylation is 2. The SMILES string of the molecule is CC(C)(C)[Si](C)(C)Oc1cccc(CCc2nc(-c3ccsc3)c(-c3ccsc3)o2)c1. The van der Waals surface area contributed by atoms with Crippen LogP contribution in [-0.2, 0) is 12.8 Å². The maximum atomic E-state index is 6.48. The molecule has 0 bridgehead atoms. The van der Waals surface area contributed by atoms with Crippen LogP contribution in [0, 0.1) is 0 Å². The van der Waals surface area contributed by atoms with Crippen LogP contribution in [0.1, 0.15) is 32.2 Å². The number of hydrogen-bond acceptors (Lipinski definition) is 5. The summed E-state index contributed by atoms with van der Waals surface area (Å²) >= 11 is 3.35. The largest absolute Gasteiger partial charge is 0.543 e. The molecular formula is C25H29NO2S2Si. The Morgan fingerprint density at radius 2 is 1.68 bits per heavy atom. The molecule has 31 heavy (non-hydrogen) atoms. The molecule has 3 aromatic heterocycles. The van der Waals surface area contributed by atoms with E-state index in [1.54, 1.807) is 22.7 Å². The molecule has 0 saturated heterocycles. The zero-order valence-corrected chi connectivity index (χ0v) is 21.4. The molecule has 3 nitrogen and oxygen atoms in total. The standard InChI is InChI=1S/C25H29NO2S2Si/c1-25(2,3)31(4,5)28-21-8-6-7-18(15-21)9-10-22-26-23(19-11-13-29-16-19)24(27-22)20-12-14-30-17-20/h6-8,11-17H,9-10H2,1-5H3. The first-order chi connectivity index (χ1) is 14.7. The third-order valence-electron chi connectivity index (χ3n) is 5.95. The molecule has 6 heteroatoms. The van der Waals surface area contributed by atoms with Crippen LogP contribution in [0.5, 0.6) is 5.75 Å². The van der Waals surface area contributed by atoms with Crippen LogP contribution < -0.4 is 4.43 Å². The van der Waals surface area contributed by atoms with Gasteiger partial charge in [-0.2, -0.15) is 22.7 Å². The van der Waals surface area contributed by atoms with Gasteiger partial charge in [-0.15, -0.1) is 0 Å². The van der Waals surface area contributed by atoms with E-state index in [0.29, 0.717) is 0 Å². The second kappa shape index (κ2) is 8.77. The molecule has 0 saturated carbocycles. The van der Waals surface area contributed by atoms with E-state index in [4.69, 9.17) is 13.8 Å². The second-order valence-electron chi connectivity index (χ2n) is 9.32. The van der Waals surface area contributed by atoms with Crippen molar-refractivity contribution in [3.63, 3.8) is 0 Å². The monoisotopic (exact) mass is 467 g/mol. The number of nitrogens with zero attached hydrogens (tertiary/aromatic N) is 1. The Bertz CT molecular complexity index is 1070. The first-order valence-electron chi connectivity index (χ1n) is 10.6. The Morgan fingerprint density at radius 3 is 2.32 bits per heavy atom. The smallest absolute Gasteiger partial charge is 0.250 e. The number of aromatic nitrogens is 1. The van der Waals surface area contributed by atoms with Crippen molar-refractivity contribution >= 4 is 31.0 Å². The van der Waals surface area contributed by atoms with E-state index in [-0.39, 0.29) is 5.04 Å².